The highest BCUT2D eigenvalue weighted by molar-refractivity contribution is 5.32. The van der Waals surface area contributed by atoms with Crippen LogP contribution >= 0.6 is 0 Å². The maximum Gasteiger partial charge on any atom is 0.0297 e. The first-order valence-electron chi connectivity index (χ1n) is 6.51. The van der Waals surface area contributed by atoms with E-state index in [-0.39, 0.29) is 0 Å². The topological polar surface area (TPSA) is 12.0 Å². The normalized spacial score (nSPS) is 12.4. The Labute approximate surface area is 110 Å². The molecule has 2 aromatic carbocycles. The third-order valence-corrected chi connectivity index (χ3v) is 3.36. The van der Waals surface area contributed by atoms with Crippen LogP contribution in [0.3, 0.4) is 0 Å². The van der Waals surface area contributed by atoms with Gasteiger partial charge in [-0.15, -0.1) is 0 Å². The van der Waals surface area contributed by atoms with E-state index in [2.05, 4.69) is 74.6 Å². The Balaban J connectivity index is 2.03. The lowest BCUT2D eigenvalue weighted by molar-refractivity contribution is 0.572. The third-order valence-electron chi connectivity index (χ3n) is 3.36. The number of hydrogen-bond donors (Lipinski definition) is 1. The van der Waals surface area contributed by atoms with Crippen molar-refractivity contribution in [2.24, 2.45) is 0 Å². The van der Waals surface area contributed by atoms with E-state index in [1.54, 1.807) is 0 Å². The van der Waals surface area contributed by atoms with Crippen molar-refractivity contribution in [3.8, 4) is 0 Å². The van der Waals surface area contributed by atoms with Crippen molar-refractivity contribution >= 4 is 0 Å². The van der Waals surface area contributed by atoms with Gasteiger partial charge in [0.05, 0.1) is 0 Å². The zero-order valence-electron chi connectivity index (χ0n) is 11.4. The van der Waals surface area contributed by atoms with Gasteiger partial charge in [-0.05, 0) is 37.5 Å². The molecule has 2 aromatic rings. The molecule has 94 valence electrons. The van der Waals surface area contributed by atoms with Crippen molar-refractivity contribution in [1.82, 2.24) is 5.32 Å². The van der Waals surface area contributed by atoms with Crippen LogP contribution in [0.15, 0.2) is 48.5 Å². The molecule has 1 unspecified atom stereocenters. The second kappa shape index (κ2) is 5.83. The predicted octanol–water partition coefficient (Wildman–Crippen LogP) is 4.15. The molecule has 0 fully saturated rings. The van der Waals surface area contributed by atoms with E-state index in [1.165, 1.54) is 22.3 Å². The summed E-state index contributed by atoms with van der Waals surface area (Å²) >= 11 is 0. The van der Waals surface area contributed by atoms with Crippen LogP contribution in [0.25, 0.3) is 0 Å². The minimum Gasteiger partial charge on any atom is -0.306 e. The van der Waals surface area contributed by atoms with Gasteiger partial charge in [0, 0.05) is 12.6 Å². The summed E-state index contributed by atoms with van der Waals surface area (Å²) in [6, 6.07) is 17.6. The maximum absolute atomic E-state index is 3.58. The van der Waals surface area contributed by atoms with Crippen molar-refractivity contribution in [3.63, 3.8) is 0 Å². The Morgan fingerprint density at radius 3 is 2.44 bits per heavy atom. The van der Waals surface area contributed by atoms with E-state index < -0.39 is 0 Å². The maximum atomic E-state index is 3.58. The van der Waals surface area contributed by atoms with Crippen LogP contribution in [0, 0.1) is 13.8 Å². The number of benzene rings is 2. The fourth-order valence-electron chi connectivity index (χ4n) is 2.20. The van der Waals surface area contributed by atoms with Gasteiger partial charge in [0.25, 0.3) is 0 Å². The Morgan fingerprint density at radius 1 is 1.00 bits per heavy atom. The highest BCUT2D eigenvalue weighted by Gasteiger charge is 2.07. The van der Waals surface area contributed by atoms with Gasteiger partial charge in [-0.2, -0.15) is 0 Å². The summed E-state index contributed by atoms with van der Waals surface area (Å²) in [6.07, 6.45) is 0. The zero-order chi connectivity index (χ0) is 13.0. The fraction of sp³-hybridized carbons (Fsp3) is 0.294. The van der Waals surface area contributed by atoms with Gasteiger partial charge in [0.1, 0.15) is 0 Å². The summed E-state index contributed by atoms with van der Waals surface area (Å²) in [7, 11) is 0. The van der Waals surface area contributed by atoms with E-state index in [9.17, 15) is 0 Å². The van der Waals surface area contributed by atoms with Crippen molar-refractivity contribution in [2.75, 3.05) is 0 Å². The van der Waals surface area contributed by atoms with Gasteiger partial charge in [-0.25, -0.2) is 0 Å². The molecule has 0 aliphatic carbocycles. The van der Waals surface area contributed by atoms with E-state index in [0.29, 0.717) is 6.04 Å². The fourth-order valence-corrected chi connectivity index (χ4v) is 2.20. The summed E-state index contributed by atoms with van der Waals surface area (Å²) in [4.78, 5) is 0. The molecule has 1 N–H and O–H groups in total. The number of nitrogens with one attached hydrogen (secondary N) is 1. The molecule has 1 nitrogen and oxygen atoms in total. The molecule has 0 radical (unpaired) electrons. The van der Waals surface area contributed by atoms with Crippen molar-refractivity contribution in [2.45, 2.75) is 33.4 Å². The lowest BCUT2D eigenvalue weighted by Crippen LogP contribution is -2.19. The van der Waals surface area contributed by atoms with E-state index in [4.69, 9.17) is 0 Å². The van der Waals surface area contributed by atoms with Crippen LogP contribution in [-0.2, 0) is 6.54 Å². The van der Waals surface area contributed by atoms with Crippen LogP contribution in [0.2, 0.25) is 0 Å². The molecule has 0 amide bonds. The molecule has 1 heteroatoms. The minimum atomic E-state index is 0.380. The Kier molecular flexibility index (Phi) is 4.16. The van der Waals surface area contributed by atoms with Crippen LogP contribution in [0.5, 0.6) is 0 Å². The molecule has 0 bridgehead atoms. The lowest BCUT2D eigenvalue weighted by Gasteiger charge is -2.17. The first-order chi connectivity index (χ1) is 8.66. The first kappa shape index (κ1) is 12.8. The van der Waals surface area contributed by atoms with Gasteiger partial charge in [0.15, 0.2) is 0 Å². The quantitative estimate of drug-likeness (QED) is 0.845. The lowest BCUT2D eigenvalue weighted by atomic mass is 10.00. The molecule has 18 heavy (non-hydrogen) atoms. The molecule has 0 aliphatic rings. The van der Waals surface area contributed by atoms with Gasteiger partial charge < -0.3 is 5.32 Å². The Hall–Kier alpha value is -1.60. The monoisotopic (exact) mass is 239 g/mol. The van der Waals surface area contributed by atoms with Gasteiger partial charge in [-0.3, -0.25) is 0 Å². The standard InChI is InChI=1S/C17H21N/c1-13-9-10-14(2)17(11-13)15(3)18-12-16-7-5-4-6-8-16/h4-11,15,18H,12H2,1-3H3. The minimum absolute atomic E-state index is 0.380. The molecular weight excluding hydrogens is 218 g/mol. The summed E-state index contributed by atoms with van der Waals surface area (Å²) < 4.78 is 0. The van der Waals surface area contributed by atoms with Crippen LogP contribution < -0.4 is 5.32 Å². The van der Waals surface area contributed by atoms with E-state index in [0.717, 1.165) is 6.54 Å². The summed E-state index contributed by atoms with van der Waals surface area (Å²) in [5.74, 6) is 0. The summed E-state index contributed by atoms with van der Waals surface area (Å²) in [6.45, 7) is 7.46. The smallest absolute Gasteiger partial charge is 0.0297 e. The summed E-state index contributed by atoms with van der Waals surface area (Å²) in [5, 5.41) is 3.58. The Bertz CT molecular complexity index is 502. The van der Waals surface area contributed by atoms with Crippen molar-refractivity contribution in [1.29, 1.82) is 0 Å². The zero-order valence-corrected chi connectivity index (χ0v) is 11.4. The molecule has 0 heterocycles. The second-order valence-electron chi connectivity index (χ2n) is 4.95. The van der Waals surface area contributed by atoms with Crippen LogP contribution in [-0.4, -0.2) is 0 Å². The molecule has 0 aliphatic heterocycles. The predicted molar refractivity (Wildman–Crippen MR) is 77.6 cm³/mol. The number of rotatable bonds is 4. The number of hydrogen-bond acceptors (Lipinski definition) is 1. The van der Waals surface area contributed by atoms with E-state index in [1.807, 2.05) is 0 Å². The third kappa shape index (κ3) is 3.21. The molecule has 2 rings (SSSR count). The van der Waals surface area contributed by atoms with Gasteiger partial charge >= 0.3 is 0 Å². The van der Waals surface area contributed by atoms with Gasteiger partial charge in [-0.1, -0.05) is 54.1 Å². The highest BCUT2D eigenvalue weighted by Crippen LogP contribution is 2.19. The number of aryl methyl sites for hydroxylation is 2. The molecular formula is C17H21N. The van der Waals surface area contributed by atoms with Gasteiger partial charge in [0.2, 0.25) is 0 Å². The molecule has 0 spiro atoms. The molecule has 0 saturated carbocycles. The first-order valence-corrected chi connectivity index (χ1v) is 6.51. The average molecular weight is 239 g/mol. The second-order valence-corrected chi connectivity index (χ2v) is 4.95. The summed E-state index contributed by atoms with van der Waals surface area (Å²) in [5.41, 5.74) is 5.40. The van der Waals surface area contributed by atoms with Crippen LogP contribution in [0.4, 0.5) is 0 Å². The van der Waals surface area contributed by atoms with Crippen molar-refractivity contribution < 1.29 is 0 Å². The molecule has 0 aromatic heterocycles. The highest BCUT2D eigenvalue weighted by atomic mass is 14.9. The van der Waals surface area contributed by atoms with Crippen LogP contribution in [0.1, 0.15) is 35.2 Å². The SMILES string of the molecule is Cc1ccc(C)c(C(C)NCc2ccccc2)c1. The average Bonchev–Trinajstić information content (AvgIpc) is 2.40. The largest absolute Gasteiger partial charge is 0.306 e. The molecule has 1 atom stereocenters. The Morgan fingerprint density at radius 2 is 1.72 bits per heavy atom. The van der Waals surface area contributed by atoms with E-state index >= 15 is 0 Å². The van der Waals surface area contributed by atoms with Crippen molar-refractivity contribution in [3.05, 3.63) is 70.8 Å². The molecule has 0 saturated heterocycles.